The first-order valence-electron chi connectivity index (χ1n) is 18.8. The molecule has 2 aliphatic rings. The Labute approximate surface area is 342 Å². The zero-order chi connectivity index (χ0) is 42.2. The summed E-state index contributed by atoms with van der Waals surface area (Å²) < 4.78 is 81.6. The number of rotatable bonds is 30. The normalized spacial score (nSPS) is 24.4. The molecule has 0 radical (unpaired) electrons. The molecule has 1 saturated carbocycles. The van der Waals surface area contributed by atoms with E-state index in [0.717, 1.165) is 32.1 Å². The second kappa shape index (κ2) is 28.3. The van der Waals surface area contributed by atoms with E-state index >= 15 is 0 Å². The van der Waals surface area contributed by atoms with Crippen LogP contribution in [-0.2, 0) is 60.1 Å². The second-order valence-corrected chi connectivity index (χ2v) is 21.5. The van der Waals surface area contributed by atoms with E-state index in [9.17, 15) is 28.3 Å². The number of carbonyl (C=O) groups is 1. The third-order valence-electron chi connectivity index (χ3n) is 8.61. The highest BCUT2D eigenvalue weighted by Crippen LogP contribution is 2.66. The summed E-state index contributed by atoms with van der Waals surface area (Å²) in [5.41, 5.74) is 8.19. The van der Waals surface area contributed by atoms with Gasteiger partial charge in [0.1, 0.15) is 12.0 Å². The van der Waals surface area contributed by atoms with Crippen molar-refractivity contribution in [2.24, 2.45) is 17.0 Å². The molecule has 1 saturated heterocycles. The van der Waals surface area contributed by atoms with Crippen molar-refractivity contribution in [2.45, 2.75) is 102 Å². The Morgan fingerprint density at radius 3 is 2.12 bits per heavy atom. The van der Waals surface area contributed by atoms with Crippen LogP contribution in [0.4, 0.5) is 0 Å². The number of azide groups is 1. The zero-order valence-corrected chi connectivity index (χ0v) is 37.1. The fourth-order valence-electron chi connectivity index (χ4n) is 5.99. The van der Waals surface area contributed by atoms with Crippen LogP contribution in [0.15, 0.2) is 5.11 Å². The van der Waals surface area contributed by atoms with Gasteiger partial charge in [0, 0.05) is 35.6 Å². The maximum Gasteiger partial charge on any atom is 0.490 e. The third-order valence-corrected chi connectivity index (χ3v) is 15.4. The number of hydrogen-bond donors (Lipinski definition) is 5. The molecule has 334 valence electrons. The van der Waals surface area contributed by atoms with Gasteiger partial charge in [0.25, 0.3) is 0 Å². The molecule has 0 aromatic carbocycles. The first-order valence-corrected chi connectivity index (χ1v) is 25.7. The standard InChI is InChI=1S/C31H61N4O17P3S2/c1-25-8-6-4-5-7-9-26(20-25)27-21-28(29(50-27)22-49-54(40,41)52-55(42,43)51-53(37,38)39)48-24-56-57-31(2,3)23-33-30(36)10-12-44-14-16-46-18-19-47-17-15-45-13-11-34-35-32/h25-29H,4-24H2,1-3H3,(H,33,36)(H,40,41)(H,42,43)(H2,37,38,39)/t25?,26?,27-,28?,29-/m1/s1. The SMILES string of the molecule is CC1CCCCCCC([C@H]2CC(OCSSC(C)(C)CNC(=O)CCOCCOCCOCCOCCN=[N+]=[N-])[C@@H](COP(=O)(O)OP(=O)(O)OP(=O)(O)O)O2)C1. The molecule has 0 spiro atoms. The van der Waals surface area contributed by atoms with Crippen molar-refractivity contribution in [3.63, 3.8) is 0 Å². The smallest absolute Gasteiger partial charge is 0.379 e. The third kappa shape index (κ3) is 26.6. The number of nitrogens with one attached hydrogen (secondary N) is 1. The van der Waals surface area contributed by atoms with Gasteiger partial charge >= 0.3 is 23.5 Å². The van der Waals surface area contributed by atoms with Gasteiger partial charge in [-0.15, -0.1) is 0 Å². The summed E-state index contributed by atoms with van der Waals surface area (Å²) in [5.74, 6) is 0.751. The molecule has 1 aliphatic heterocycles. The lowest BCUT2D eigenvalue weighted by molar-refractivity contribution is -0.122. The summed E-state index contributed by atoms with van der Waals surface area (Å²) in [7, 11) is -13.6. The number of nitrogens with zero attached hydrogens (tertiary/aromatic N) is 3. The maximum atomic E-state index is 12.5. The summed E-state index contributed by atoms with van der Waals surface area (Å²) in [4.78, 5) is 52.3. The number of amides is 1. The summed E-state index contributed by atoms with van der Waals surface area (Å²) >= 11 is 0. The van der Waals surface area contributed by atoms with E-state index in [0.29, 0.717) is 65.1 Å². The van der Waals surface area contributed by atoms with Crippen LogP contribution in [0.3, 0.4) is 0 Å². The number of phosphoric ester groups is 1. The van der Waals surface area contributed by atoms with Gasteiger partial charge in [0.05, 0.1) is 71.7 Å². The van der Waals surface area contributed by atoms with Gasteiger partial charge in [-0.25, -0.2) is 13.7 Å². The summed E-state index contributed by atoms with van der Waals surface area (Å²) in [6.45, 7) is 9.12. The quantitative estimate of drug-likeness (QED) is 0.0107. The van der Waals surface area contributed by atoms with Gasteiger partial charge in [-0.1, -0.05) is 65.7 Å². The molecule has 0 aromatic heterocycles. The van der Waals surface area contributed by atoms with E-state index in [4.69, 9.17) is 48.3 Å². The zero-order valence-electron chi connectivity index (χ0n) is 32.8. The number of carbonyl (C=O) groups excluding carboxylic acids is 1. The molecule has 0 aromatic rings. The summed E-state index contributed by atoms with van der Waals surface area (Å²) in [5, 5.41) is 6.28. The lowest BCUT2D eigenvalue weighted by atomic mass is 9.85. The van der Waals surface area contributed by atoms with Crippen molar-refractivity contribution in [1.82, 2.24) is 5.32 Å². The van der Waals surface area contributed by atoms with Crippen LogP contribution in [0.2, 0.25) is 0 Å². The van der Waals surface area contributed by atoms with E-state index in [2.05, 4.69) is 30.9 Å². The average molecular weight is 919 g/mol. The largest absolute Gasteiger partial charge is 0.490 e. The van der Waals surface area contributed by atoms with Gasteiger partial charge in [-0.2, -0.15) is 8.62 Å². The Kier molecular flexibility index (Phi) is 26.2. The van der Waals surface area contributed by atoms with Crippen molar-refractivity contribution in [1.29, 1.82) is 0 Å². The fraction of sp³-hybridized carbons (Fsp3) is 0.968. The first kappa shape index (κ1) is 52.8. The van der Waals surface area contributed by atoms with Crippen molar-refractivity contribution < 1.29 is 79.6 Å². The Balaban J connectivity index is 1.74. The Morgan fingerprint density at radius 1 is 0.877 bits per heavy atom. The Hall–Kier alpha value is -0.350. The molecular weight excluding hydrogens is 857 g/mol. The minimum absolute atomic E-state index is 0.159. The van der Waals surface area contributed by atoms with Crippen LogP contribution < -0.4 is 5.32 Å². The van der Waals surface area contributed by atoms with Gasteiger partial charge in [0.2, 0.25) is 5.91 Å². The number of ether oxygens (including phenoxy) is 6. The lowest BCUT2D eigenvalue weighted by Gasteiger charge is -2.26. The molecule has 21 nitrogen and oxygen atoms in total. The van der Waals surface area contributed by atoms with Gasteiger partial charge in [-0.3, -0.25) is 9.32 Å². The van der Waals surface area contributed by atoms with Crippen molar-refractivity contribution >= 4 is 51.0 Å². The molecule has 0 bridgehead atoms. The molecular formula is C31H61N4O17P3S2. The predicted molar refractivity (Wildman–Crippen MR) is 212 cm³/mol. The minimum atomic E-state index is -5.66. The molecule has 5 unspecified atom stereocenters. The number of phosphoric acid groups is 3. The molecule has 5 N–H and O–H groups in total. The van der Waals surface area contributed by atoms with E-state index < -0.39 is 42.3 Å². The van der Waals surface area contributed by atoms with E-state index in [1.165, 1.54) is 34.4 Å². The van der Waals surface area contributed by atoms with Crippen LogP contribution in [-0.4, -0.2) is 127 Å². The Bertz CT molecular complexity index is 1350. The highest BCUT2D eigenvalue weighted by atomic mass is 33.1. The second-order valence-electron chi connectivity index (χ2n) is 14.1. The van der Waals surface area contributed by atoms with Crippen LogP contribution in [0.25, 0.3) is 10.4 Å². The molecule has 1 heterocycles. The highest BCUT2D eigenvalue weighted by Gasteiger charge is 2.44. The molecule has 1 amide bonds. The van der Waals surface area contributed by atoms with Crippen LogP contribution in [0.5, 0.6) is 0 Å². The average Bonchev–Trinajstić information content (AvgIpc) is 3.56. The highest BCUT2D eigenvalue weighted by molar-refractivity contribution is 8.77. The van der Waals surface area contributed by atoms with Gasteiger partial charge < -0.3 is 53.3 Å². The summed E-state index contributed by atoms with van der Waals surface area (Å²) in [6.07, 6.45) is 6.54. The summed E-state index contributed by atoms with van der Waals surface area (Å²) in [6, 6.07) is 0. The van der Waals surface area contributed by atoms with E-state index in [1.807, 2.05) is 13.8 Å². The van der Waals surface area contributed by atoms with Crippen LogP contribution >= 0.6 is 45.1 Å². The fourth-order valence-corrected chi connectivity index (χ4v) is 11.2. The minimum Gasteiger partial charge on any atom is -0.379 e. The monoisotopic (exact) mass is 918 g/mol. The van der Waals surface area contributed by atoms with Crippen molar-refractivity contribution in [3.8, 4) is 0 Å². The molecule has 1 aliphatic carbocycles. The Morgan fingerprint density at radius 2 is 1.49 bits per heavy atom. The lowest BCUT2D eigenvalue weighted by Crippen LogP contribution is -2.36. The van der Waals surface area contributed by atoms with Crippen molar-refractivity contribution in [2.75, 3.05) is 78.5 Å². The molecule has 2 rings (SSSR count). The van der Waals surface area contributed by atoms with E-state index in [-0.39, 0.29) is 48.2 Å². The molecule has 2 fully saturated rings. The predicted octanol–water partition coefficient (Wildman–Crippen LogP) is 5.87. The van der Waals surface area contributed by atoms with Crippen LogP contribution in [0.1, 0.15) is 78.6 Å². The number of hydrogen-bond acceptors (Lipinski definition) is 16. The maximum absolute atomic E-state index is 12.5. The topological polar surface area (TPSA) is 293 Å². The van der Waals surface area contributed by atoms with Gasteiger partial charge in [-0.05, 0) is 44.1 Å². The molecule has 26 heteroatoms. The molecule has 57 heavy (non-hydrogen) atoms. The van der Waals surface area contributed by atoms with E-state index in [1.54, 1.807) is 0 Å². The first-order chi connectivity index (χ1) is 26.9. The molecule has 7 atom stereocenters. The van der Waals surface area contributed by atoms with Crippen molar-refractivity contribution in [3.05, 3.63) is 10.4 Å². The van der Waals surface area contributed by atoms with Crippen LogP contribution in [0, 0.1) is 11.8 Å². The van der Waals surface area contributed by atoms with Gasteiger partial charge in [0.15, 0.2) is 0 Å².